The first-order valence-electron chi connectivity index (χ1n) is 6.77. The molecule has 2 heteroatoms. The molecule has 1 saturated carbocycles. The van der Waals surface area contributed by atoms with Gasteiger partial charge in [-0.05, 0) is 43.9 Å². The Morgan fingerprint density at radius 2 is 1.94 bits per heavy atom. The zero-order chi connectivity index (χ0) is 12.3. The maximum atomic E-state index is 9.50. The summed E-state index contributed by atoms with van der Waals surface area (Å²) in [6.07, 6.45) is 4.81. The summed E-state index contributed by atoms with van der Waals surface area (Å²) >= 11 is 0. The third kappa shape index (κ3) is 3.22. The molecule has 1 aromatic rings. The fourth-order valence-corrected chi connectivity index (χ4v) is 2.18. The van der Waals surface area contributed by atoms with Crippen molar-refractivity contribution in [3.63, 3.8) is 0 Å². The predicted molar refractivity (Wildman–Crippen MR) is 72.4 cm³/mol. The second-order valence-electron chi connectivity index (χ2n) is 5.05. The topological polar surface area (TPSA) is 23.5 Å². The third-order valence-corrected chi connectivity index (χ3v) is 3.45. The van der Waals surface area contributed by atoms with Gasteiger partial charge < -0.3 is 10.0 Å². The van der Waals surface area contributed by atoms with Gasteiger partial charge in [0, 0.05) is 18.3 Å². The minimum absolute atomic E-state index is 0.367. The van der Waals surface area contributed by atoms with Crippen molar-refractivity contribution in [1.82, 2.24) is 0 Å². The van der Waals surface area contributed by atoms with E-state index in [-0.39, 0.29) is 6.10 Å². The molecule has 0 radical (unpaired) electrons. The summed E-state index contributed by atoms with van der Waals surface area (Å²) < 4.78 is 0. The summed E-state index contributed by atoms with van der Waals surface area (Å²) in [5.41, 5.74) is 2.31. The van der Waals surface area contributed by atoms with Gasteiger partial charge in [-0.25, -0.2) is 0 Å². The van der Waals surface area contributed by atoms with Crippen LogP contribution in [-0.2, 0) is 0 Å². The van der Waals surface area contributed by atoms with E-state index in [4.69, 9.17) is 0 Å². The molecule has 1 fully saturated rings. The highest BCUT2D eigenvalue weighted by atomic mass is 16.3. The summed E-state index contributed by atoms with van der Waals surface area (Å²) in [5, 5.41) is 9.50. The molecule has 0 spiro atoms. The Morgan fingerprint density at radius 1 is 1.29 bits per heavy atom. The summed E-state index contributed by atoms with van der Waals surface area (Å²) in [4.78, 5) is 2.52. The molecule has 0 saturated heterocycles. The Hall–Kier alpha value is -1.02. The van der Waals surface area contributed by atoms with E-state index in [1.165, 1.54) is 31.4 Å². The molecule has 94 valence electrons. The van der Waals surface area contributed by atoms with Crippen molar-refractivity contribution in [1.29, 1.82) is 0 Å². The predicted octanol–water partition coefficient (Wildman–Crippen LogP) is 3.51. The molecule has 1 aliphatic rings. The highest BCUT2D eigenvalue weighted by Gasteiger charge is 2.28. The number of benzene rings is 1. The summed E-state index contributed by atoms with van der Waals surface area (Å²) in [6, 6.07) is 9.15. The van der Waals surface area contributed by atoms with Gasteiger partial charge in [-0.2, -0.15) is 0 Å². The summed E-state index contributed by atoms with van der Waals surface area (Å²) in [7, 11) is 0. The lowest BCUT2D eigenvalue weighted by atomic mass is 10.1. The molecule has 17 heavy (non-hydrogen) atoms. The molecule has 0 heterocycles. The largest absolute Gasteiger partial charge is 0.389 e. The first kappa shape index (κ1) is 12.4. The summed E-state index contributed by atoms with van der Waals surface area (Å²) in [5.74, 6) is 0. The van der Waals surface area contributed by atoms with Crippen LogP contribution >= 0.6 is 0 Å². The van der Waals surface area contributed by atoms with Crippen molar-refractivity contribution in [3.05, 3.63) is 29.8 Å². The number of anilines is 1. The Labute approximate surface area is 104 Å². The fourth-order valence-electron chi connectivity index (χ4n) is 2.18. The quantitative estimate of drug-likeness (QED) is 0.812. The van der Waals surface area contributed by atoms with Crippen LogP contribution in [0, 0.1) is 0 Å². The van der Waals surface area contributed by atoms with E-state index >= 15 is 0 Å². The van der Waals surface area contributed by atoms with Gasteiger partial charge in [0.05, 0.1) is 6.10 Å². The molecular formula is C15H23NO. The minimum Gasteiger partial charge on any atom is -0.389 e. The van der Waals surface area contributed by atoms with E-state index in [1.54, 1.807) is 0 Å². The van der Waals surface area contributed by atoms with Crippen LogP contribution in [0.3, 0.4) is 0 Å². The lowest BCUT2D eigenvalue weighted by molar-refractivity contribution is 0.199. The molecule has 1 aliphatic carbocycles. The number of aliphatic hydroxyl groups excluding tert-OH is 1. The van der Waals surface area contributed by atoms with E-state index in [1.807, 2.05) is 19.1 Å². The highest BCUT2D eigenvalue weighted by molar-refractivity contribution is 5.50. The average molecular weight is 233 g/mol. The number of rotatable bonds is 6. The molecular weight excluding hydrogens is 210 g/mol. The number of hydrogen-bond acceptors (Lipinski definition) is 2. The Morgan fingerprint density at radius 3 is 2.41 bits per heavy atom. The standard InChI is InChI=1S/C15H23NO/c1-3-4-11-16(15-9-10-15)14-7-5-13(6-8-14)12(2)17/h5-8,12,15,17H,3-4,9-11H2,1-2H3. The van der Waals surface area contributed by atoms with E-state index in [9.17, 15) is 5.11 Å². The van der Waals surface area contributed by atoms with Crippen LogP contribution in [0.25, 0.3) is 0 Å². The second kappa shape index (κ2) is 5.54. The van der Waals surface area contributed by atoms with E-state index in [0.717, 1.165) is 18.2 Å². The van der Waals surface area contributed by atoms with Crippen molar-refractivity contribution in [2.24, 2.45) is 0 Å². The van der Waals surface area contributed by atoms with Crippen LogP contribution in [0.4, 0.5) is 5.69 Å². The molecule has 2 nitrogen and oxygen atoms in total. The van der Waals surface area contributed by atoms with Crippen LogP contribution in [0.2, 0.25) is 0 Å². The number of aliphatic hydroxyl groups is 1. The first-order chi connectivity index (χ1) is 8.22. The maximum absolute atomic E-state index is 9.50. The van der Waals surface area contributed by atoms with Gasteiger partial charge in [-0.15, -0.1) is 0 Å². The SMILES string of the molecule is CCCCN(c1ccc(C(C)O)cc1)C1CC1. The molecule has 0 amide bonds. The van der Waals surface area contributed by atoms with Gasteiger partial charge in [0.15, 0.2) is 0 Å². The average Bonchev–Trinajstić information content (AvgIpc) is 3.14. The van der Waals surface area contributed by atoms with Crippen LogP contribution in [-0.4, -0.2) is 17.7 Å². The molecule has 1 unspecified atom stereocenters. The maximum Gasteiger partial charge on any atom is 0.0761 e. The number of hydrogen-bond donors (Lipinski definition) is 1. The Balaban J connectivity index is 2.07. The smallest absolute Gasteiger partial charge is 0.0761 e. The van der Waals surface area contributed by atoms with Gasteiger partial charge >= 0.3 is 0 Å². The molecule has 1 N–H and O–H groups in total. The minimum atomic E-state index is -0.367. The molecule has 1 aromatic carbocycles. The van der Waals surface area contributed by atoms with Gasteiger partial charge in [0.25, 0.3) is 0 Å². The normalized spacial score (nSPS) is 16.9. The van der Waals surface area contributed by atoms with E-state index in [0.29, 0.717) is 0 Å². The third-order valence-electron chi connectivity index (χ3n) is 3.45. The van der Waals surface area contributed by atoms with Crippen LogP contribution in [0.1, 0.15) is 51.2 Å². The first-order valence-corrected chi connectivity index (χ1v) is 6.77. The Kier molecular flexibility index (Phi) is 4.06. The lowest BCUT2D eigenvalue weighted by Gasteiger charge is -2.25. The van der Waals surface area contributed by atoms with Gasteiger partial charge in [0.1, 0.15) is 0 Å². The monoisotopic (exact) mass is 233 g/mol. The van der Waals surface area contributed by atoms with E-state index in [2.05, 4.69) is 24.0 Å². The highest BCUT2D eigenvalue weighted by Crippen LogP contribution is 2.32. The van der Waals surface area contributed by atoms with E-state index < -0.39 is 0 Å². The molecule has 0 bridgehead atoms. The molecule has 2 rings (SSSR count). The molecule has 0 aliphatic heterocycles. The van der Waals surface area contributed by atoms with Crippen LogP contribution in [0.15, 0.2) is 24.3 Å². The van der Waals surface area contributed by atoms with Gasteiger partial charge in [0.2, 0.25) is 0 Å². The van der Waals surface area contributed by atoms with Crippen LogP contribution in [0.5, 0.6) is 0 Å². The zero-order valence-electron chi connectivity index (χ0n) is 10.9. The van der Waals surface area contributed by atoms with Crippen molar-refractivity contribution in [3.8, 4) is 0 Å². The summed E-state index contributed by atoms with van der Waals surface area (Å²) in [6.45, 7) is 5.21. The number of unbranched alkanes of at least 4 members (excludes halogenated alkanes) is 1. The van der Waals surface area contributed by atoms with Crippen molar-refractivity contribution in [2.75, 3.05) is 11.4 Å². The molecule has 1 atom stereocenters. The number of nitrogens with zero attached hydrogens (tertiary/aromatic N) is 1. The van der Waals surface area contributed by atoms with Crippen molar-refractivity contribution in [2.45, 2.75) is 51.7 Å². The zero-order valence-corrected chi connectivity index (χ0v) is 10.9. The fraction of sp³-hybridized carbons (Fsp3) is 0.600. The van der Waals surface area contributed by atoms with Gasteiger partial charge in [-0.1, -0.05) is 25.5 Å². The van der Waals surface area contributed by atoms with Crippen molar-refractivity contribution >= 4 is 5.69 Å². The van der Waals surface area contributed by atoms with Crippen molar-refractivity contribution < 1.29 is 5.11 Å². The molecule has 0 aromatic heterocycles. The Bertz CT molecular complexity index is 340. The lowest BCUT2D eigenvalue weighted by Crippen LogP contribution is -2.26. The second-order valence-corrected chi connectivity index (χ2v) is 5.05. The van der Waals surface area contributed by atoms with Crippen LogP contribution < -0.4 is 4.90 Å². The van der Waals surface area contributed by atoms with Gasteiger partial charge in [-0.3, -0.25) is 0 Å².